The number of hydrogen-bond donors (Lipinski definition) is 1. The van der Waals surface area contributed by atoms with Crippen molar-refractivity contribution in [1.82, 2.24) is 5.43 Å². The molecule has 4 rings (SSSR count). The molecule has 1 aromatic heterocycles. The van der Waals surface area contributed by atoms with Gasteiger partial charge in [-0.1, -0.05) is 24.6 Å². The number of hydrazone groups is 1. The Bertz CT molecular complexity index is 1120. The molecule has 0 spiro atoms. The fraction of sp³-hybridized carbons (Fsp3) is 0.304. The maximum Gasteiger partial charge on any atom is 0.307 e. The molecule has 2 heterocycles. The molecular formula is C23H24ClN3O2. The van der Waals surface area contributed by atoms with Crippen LogP contribution in [-0.2, 0) is 0 Å². The van der Waals surface area contributed by atoms with Gasteiger partial charge in [-0.15, -0.1) is 0 Å². The molecule has 1 aliphatic rings. The number of fused-ring (bicyclic) bond motifs is 2. The average molecular weight is 410 g/mol. The lowest BCUT2D eigenvalue weighted by atomic mass is 9.80. The van der Waals surface area contributed by atoms with Crippen molar-refractivity contribution in [3.63, 3.8) is 0 Å². The molecule has 3 aromatic rings. The minimum Gasteiger partial charge on any atom is -0.451 e. The van der Waals surface area contributed by atoms with E-state index in [1.54, 1.807) is 30.5 Å². The molecule has 0 aliphatic carbocycles. The molecule has 0 radical (unpaired) electrons. The van der Waals surface area contributed by atoms with Gasteiger partial charge in [-0.2, -0.15) is 5.10 Å². The fourth-order valence-electron chi connectivity index (χ4n) is 4.02. The van der Waals surface area contributed by atoms with Crippen LogP contribution in [0.3, 0.4) is 0 Å². The number of carbonyl (C=O) groups excluding carboxylic acids is 1. The predicted octanol–water partition coefficient (Wildman–Crippen LogP) is 5.57. The highest BCUT2D eigenvalue weighted by Gasteiger charge is 2.33. The molecule has 1 N–H and O–H groups in total. The summed E-state index contributed by atoms with van der Waals surface area (Å²) in [5, 5.41) is 5.48. The van der Waals surface area contributed by atoms with E-state index >= 15 is 0 Å². The molecular weight excluding hydrogens is 386 g/mol. The highest BCUT2D eigenvalue weighted by molar-refractivity contribution is 6.31. The number of nitrogens with one attached hydrogen (secondary N) is 1. The molecule has 2 aromatic carbocycles. The molecule has 0 bridgehead atoms. The van der Waals surface area contributed by atoms with Crippen molar-refractivity contribution in [2.75, 3.05) is 11.9 Å². The Kier molecular flexibility index (Phi) is 4.87. The van der Waals surface area contributed by atoms with Crippen LogP contribution in [-0.4, -0.2) is 24.7 Å². The van der Waals surface area contributed by atoms with Gasteiger partial charge in [0.15, 0.2) is 5.76 Å². The Balaban J connectivity index is 1.49. The highest BCUT2D eigenvalue weighted by atomic mass is 35.5. The number of hydrogen-bond acceptors (Lipinski definition) is 4. The zero-order chi connectivity index (χ0) is 20.8. The molecule has 0 saturated heterocycles. The molecule has 0 saturated carbocycles. The smallest absolute Gasteiger partial charge is 0.307 e. The molecule has 1 amide bonds. The number of benzene rings is 2. The Labute approximate surface area is 175 Å². The fourth-order valence-corrected chi connectivity index (χ4v) is 4.20. The first-order valence-electron chi connectivity index (χ1n) is 9.65. The summed E-state index contributed by atoms with van der Waals surface area (Å²) < 4.78 is 5.56. The van der Waals surface area contributed by atoms with Crippen molar-refractivity contribution in [3.8, 4) is 0 Å². The molecule has 6 heteroatoms. The van der Waals surface area contributed by atoms with Crippen molar-refractivity contribution in [1.29, 1.82) is 0 Å². The van der Waals surface area contributed by atoms with E-state index in [2.05, 4.69) is 55.4 Å². The van der Waals surface area contributed by atoms with Gasteiger partial charge in [0.25, 0.3) is 0 Å². The van der Waals surface area contributed by atoms with Gasteiger partial charge >= 0.3 is 5.91 Å². The number of amides is 1. The number of anilines is 1. The molecule has 1 atom stereocenters. The van der Waals surface area contributed by atoms with Crippen molar-refractivity contribution >= 4 is 40.4 Å². The molecule has 150 valence electrons. The van der Waals surface area contributed by atoms with Crippen molar-refractivity contribution in [3.05, 3.63) is 64.4 Å². The third kappa shape index (κ3) is 3.75. The summed E-state index contributed by atoms with van der Waals surface area (Å²) in [6, 6.07) is 13.2. The predicted molar refractivity (Wildman–Crippen MR) is 118 cm³/mol. The number of rotatable bonds is 3. The molecule has 1 unspecified atom stereocenters. The molecule has 0 fully saturated rings. The number of nitrogens with zero attached hydrogens (tertiary/aromatic N) is 2. The number of furan rings is 1. The van der Waals surface area contributed by atoms with E-state index in [1.807, 2.05) is 6.07 Å². The van der Waals surface area contributed by atoms with Crippen LogP contribution in [0, 0.1) is 0 Å². The standard InChI is InChI=1S/C23H24ClN3O2/c1-14-12-23(2,3)27(4)19-7-5-15(9-18(14)19)13-25-26-22(28)21-11-16-10-17(24)6-8-20(16)29-21/h5-11,13-14H,12H2,1-4H3,(H,26,28)/b25-13+. The second-order valence-corrected chi connectivity index (χ2v) is 8.72. The zero-order valence-electron chi connectivity index (χ0n) is 17.0. The average Bonchev–Trinajstić information content (AvgIpc) is 3.09. The van der Waals surface area contributed by atoms with Crippen molar-refractivity contribution in [2.24, 2.45) is 5.10 Å². The second-order valence-electron chi connectivity index (χ2n) is 8.29. The minimum atomic E-state index is -0.401. The Morgan fingerprint density at radius 2 is 2.07 bits per heavy atom. The van der Waals surface area contributed by atoms with Crippen LogP contribution >= 0.6 is 11.6 Å². The number of halogens is 1. The van der Waals surface area contributed by atoms with Gasteiger partial charge < -0.3 is 9.32 Å². The lowest BCUT2D eigenvalue weighted by Crippen LogP contribution is -2.45. The van der Waals surface area contributed by atoms with Crippen LogP contribution in [0.4, 0.5) is 5.69 Å². The largest absolute Gasteiger partial charge is 0.451 e. The molecule has 5 nitrogen and oxygen atoms in total. The first kappa shape index (κ1) is 19.5. The van der Waals surface area contributed by atoms with E-state index in [0.717, 1.165) is 17.4 Å². The highest BCUT2D eigenvalue weighted by Crippen LogP contribution is 2.42. The van der Waals surface area contributed by atoms with Crippen LogP contribution in [0.25, 0.3) is 11.0 Å². The van der Waals surface area contributed by atoms with Crippen LogP contribution in [0.1, 0.15) is 54.8 Å². The van der Waals surface area contributed by atoms with Gasteiger partial charge in [0.05, 0.1) is 6.21 Å². The molecule has 29 heavy (non-hydrogen) atoms. The first-order valence-corrected chi connectivity index (χ1v) is 10.0. The summed E-state index contributed by atoms with van der Waals surface area (Å²) >= 11 is 5.98. The quantitative estimate of drug-likeness (QED) is 0.454. The van der Waals surface area contributed by atoms with E-state index < -0.39 is 5.91 Å². The maximum absolute atomic E-state index is 12.3. The first-order chi connectivity index (χ1) is 13.7. The summed E-state index contributed by atoms with van der Waals surface area (Å²) in [4.78, 5) is 14.7. The van der Waals surface area contributed by atoms with E-state index in [9.17, 15) is 4.79 Å². The Hall–Kier alpha value is -2.79. The lowest BCUT2D eigenvalue weighted by molar-refractivity contribution is 0.0929. The SMILES string of the molecule is CC1CC(C)(C)N(C)c2ccc(/C=N/NC(=O)c3cc4cc(Cl)ccc4o3)cc21. The molecule has 1 aliphatic heterocycles. The van der Waals surface area contributed by atoms with Gasteiger partial charge in [0.2, 0.25) is 0 Å². The topological polar surface area (TPSA) is 57.8 Å². The van der Waals surface area contributed by atoms with E-state index in [1.165, 1.54) is 11.3 Å². The van der Waals surface area contributed by atoms with E-state index in [-0.39, 0.29) is 11.3 Å². The summed E-state index contributed by atoms with van der Waals surface area (Å²) in [5.74, 6) is 0.255. The van der Waals surface area contributed by atoms with E-state index in [0.29, 0.717) is 16.5 Å². The van der Waals surface area contributed by atoms with Crippen LogP contribution in [0.5, 0.6) is 0 Å². The van der Waals surface area contributed by atoms with Gasteiger partial charge in [-0.25, -0.2) is 5.43 Å². The van der Waals surface area contributed by atoms with E-state index in [4.69, 9.17) is 16.0 Å². The summed E-state index contributed by atoms with van der Waals surface area (Å²) in [6.07, 6.45) is 2.74. The normalized spacial score (nSPS) is 18.2. The Morgan fingerprint density at radius 1 is 1.28 bits per heavy atom. The summed E-state index contributed by atoms with van der Waals surface area (Å²) in [5.41, 5.74) is 6.76. The maximum atomic E-state index is 12.3. The van der Waals surface area contributed by atoms with Gasteiger partial charge in [0.1, 0.15) is 5.58 Å². The summed E-state index contributed by atoms with van der Waals surface area (Å²) in [6.45, 7) is 6.79. The lowest BCUT2D eigenvalue weighted by Gasteiger charge is -2.45. The number of carbonyl (C=O) groups is 1. The van der Waals surface area contributed by atoms with Gasteiger partial charge in [-0.3, -0.25) is 4.79 Å². The minimum absolute atomic E-state index is 0.132. The van der Waals surface area contributed by atoms with Gasteiger partial charge in [-0.05, 0) is 73.7 Å². The van der Waals surface area contributed by atoms with Crippen molar-refractivity contribution < 1.29 is 9.21 Å². The third-order valence-corrected chi connectivity index (χ3v) is 5.97. The second kappa shape index (κ2) is 7.23. The summed E-state index contributed by atoms with van der Waals surface area (Å²) in [7, 11) is 2.14. The Morgan fingerprint density at radius 3 is 2.86 bits per heavy atom. The van der Waals surface area contributed by atoms with Crippen LogP contribution in [0.15, 0.2) is 52.0 Å². The monoisotopic (exact) mass is 409 g/mol. The zero-order valence-corrected chi connectivity index (χ0v) is 17.7. The third-order valence-electron chi connectivity index (χ3n) is 5.74. The van der Waals surface area contributed by atoms with Crippen LogP contribution in [0.2, 0.25) is 5.02 Å². The van der Waals surface area contributed by atoms with Crippen molar-refractivity contribution in [2.45, 2.75) is 38.6 Å². The van der Waals surface area contributed by atoms with Gasteiger partial charge in [0, 0.05) is 28.7 Å². The van der Waals surface area contributed by atoms with Crippen LogP contribution < -0.4 is 10.3 Å².